The maximum atomic E-state index is 13.5. The van der Waals surface area contributed by atoms with Crippen molar-refractivity contribution in [3.8, 4) is 0 Å². The first kappa shape index (κ1) is 12.2. The zero-order chi connectivity index (χ0) is 13.1. The largest absolute Gasteiger partial charge is 0.263 e. The number of para-hydroxylation sites is 2. The third-order valence-electron chi connectivity index (χ3n) is 2.96. The summed E-state index contributed by atoms with van der Waals surface area (Å²) in [5.41, 5.74) is 2.96. The van der Waals surface area contributed by atoms with Gasteiger partial charge in [-0.15, -0.1) is 11.8 Å². The molecule has 0 spiro atoms. The van der Waals surface area contributed by atoms with Gasteiger partial charge in [0.25, 0.3) is 5.82 Å². The van der Waals surface area contributed by atoms with E-state index in [0.29, 0.717) is 5.75 Å². The highest BCUT2D eigenvalue weighted by molar-refractivity contribution is 7.97. The van der Waals surface area contributed by atoms with E-state index in [-0.39, 0.29) is 5.82 Å². The van der Waals surface area contributed by atoms with Crippen LogP contribution in [0.2, 0.25) is 0 Å². The Kier molecular flexibility index (Phi) is 3.51. The first-order valence-electron chi connectivity index (χ1n) is 6.13. The number of imidazole rings is 1. The molecule has 0 saturated carbocycles. The van der Waals surface area contributed by atoms with Crippen molar-refractivity contribution >= 4 is 22.8 Å². The molecule has 0 aliphatic carbocycles. The summed E-state index contributed by atoms with van der Waals surface area (Å²) < 4.78 is 13.5. The van der Waals surface area contributed by atoms with Gasteiger partial charge in [-0.25, -0.2) is 14.4 Å². The lowest BCUT2D eigenvalue weighted by atomic mass is 10.2. The van der Waals surface area contributed by atoms with Crippen molar-refractivity contribution in [1.29, 1.82) is 0 Å². The Morgan fingerprint density at radius 1 is 1.00 bits per heavy atom. The molecular formula is C15H14FN2S+. The Balaban J connectivity index is 1.65. The topological polar surface area (TPSA) is 29.9 Å². The fourth-order valence-corrected chi connectivity index (χ4v) is 2.91. The second-order valence-electron chi connectivity index (χ2n) is 4.36. The lowest BCUT2D eigenvalue weighted by Crippen LogP contribution is -2.05. The van der Waals surface area contributed by atoms with Gasteiger partial charge in [0.15, 0.2) is 11.0 Å². The van der Waals surface area contributed by atoms with Crippen LogP contribution in [0.1, 0.15) is 11.4 Å². The summed E-state index contributed by atoms with van der Waals surface area (Å²) >= 11 is 1.69. The average molecular weight is 273 g/mol. The Hall–Kier alpha value is -1.81. The summed E-state index contributed by atoms with van der Waals surface area (Å²) in [4.78, 5) is 6.65. The van der Waals surface area contributed by atoms with E-state index in [1.165, 1.54) is 6.07 Å². The van der Waals surface area contributed by atoms with E-state index in [9.17, 15) is 4.39 Å². The molecule has 0 aliphatic heterocycles. The van der Waals surface area contributed by atoms with Crippen molar-refractivity contribution in [2.45, 2.75) is 11.5 Å². The first-order chi connectivity index (χ1) is 9.33. The SMILES string of the molecule is Fc1ccccc1CSCc1[nH]c2ccccc2[nH+]1. The van der Waals surface area contributed by atoms with Gasteiger partial charge in [0, 0.05) is 5.75 Å². The van der Waals surface area contributed by atoms with Crippen LogP contribution in [0.4, 0.5) is 4.39 Å². The molecule has 0 bridgehead atoms. The fourth-order valence-electron chi connectivity index (χ4n) is 2.01. The number of H-pyrrole nitrogens is 2. The van der Waals surface area contributed by atoms with Gasteiger partial charge in [-0.05, 0) is 23.8 Å². The molecule has 96 valence electrons. The maximum absolute atomic E-state index is 13.5. The minimum atomic E-state index is -0.129. The standard InChI is InChI=1S/C15H13FN2S/c16-12-6-2-1-5-11(12)9-19-10-15-17-13-7-3-4-8-14(13)18-15/h1-8H,9-10H2,(H,17,18)/p+1. The molecule has 3 rings (SSSR count). The number of rotatable bonds is 4. The van der Waals surface area contributed by atoms with E-state index in [1.807, 2.05) is 36.4 Å². The van der Waals surface area contributed by atoms with Gasteiger partial charge in [-0.3, -0.25) is 0 Å². The second-order valence-corrected chi connectivity index (χ2v) is 5.34. The molecule has 0 aliphatic rings. The molecule has 4 heteroatoms. The van der Waals surface area contributed by atoms with Crippen LogP contribution in [-0.4, -0.2) is 4.98 Å². The molecule has 0 atom stereocenters. The number of benzene rings is 2. The maximum Gasteiger partial charge on any atom is 0.263 e. The number of hydrogen-bond acceptors (Lipinski definition) is 1. The van der Waals surface area contributed by atoms with Crippen molar-refractivity contribution in [2.75, 3.05) is 0 Å². The minimum absolute atomic E-state index is 0.129. The molecule has 3 aromatic rings. The van der Waals surface area contributed by atoms with E-state index >= 15 is 0 Å². The molecule has 19 heavy (non-hydrogen) atoms. The summed E-state index contributed by atoms with van der Waals surface area (Å²) in [5, 5.41) is 0. The smallest absolute Gasteiger partial charge is 0.240 e. The average Bonchev–Trinajstić information content (AvgIpc) is 2.83. The molecule has 2 aromatic carbocycles. The number of aromatic nitrogens is 2. The molecule has 0 saturated heterocycles. The zero-order valence-corrected chi connectivity index (χ0v) is 11.1. The van der Waals surface area contributed by atoms with Crippen LogP contribution in [0.15, 0.2) is 48.5 Å². The van der Waals surface area contributed by atoms with Crippen LogP contribution in [-0.2, 0) is 11.5 Å². The van der Waals surface area contributed by atoms with Crippen molar-refractivity contribution < 1.29 is 9.37 Å². The summed E-state index contributed by atoms with van der Waals surface area (Å²) in [5.74, 6) is 2.41. The number of thioether (sulfide) groups is 1. The number of hydrogen-bond donors (Lipinski definition) is 1. The van der Waals surface area contributed by atoms with Gasteiger partial charge in [-0.1, -0.05) is 30.3 Å². The Morgan fingerprint density at radius 2 is 1.79 bits per heavy atom. The van der Waals surface area contributed by atoms with Gasteiger partial charge in [-0.2, -0.15) is 0 Å². The summed E-state index contributed by atoms with van der Waals surface area (Å²) in [6.45, 7) is 0. The molecule has 2 N–H and O–H groups in total. The molecule has 0 unspecified atom stereocenters. The molecule has 1 aromatic heterocycles. The predicted octanol–water partition coefficient (Wildman–Crippen LogP) is 3.55. The summed E-state index contributed by atoms with van der Waals surface area (Å²) in [6.07, 6.45) is 0. The molecule has 0 radical (unpaired) electrons. The summed E-state index contributed by atoms with van der Waals surface area (Å²) in [6, 6.07) is 15.0. The van der Waals surface area contributed by atoms with E-state index in [4.69, 9.17) is 0 Å². The molecule has 2 nitrogen and oxygen atoms in total. The highest BCUT2D eigenvalue weighted by atomic mass is 32.2. The third kappa shape index (κ3) is 2.79. The zero-order valence-electron chi connectivity index (χ0n) is 10.3. The van der Waals surface area contributed by atoms with Gasteiger partial charge in [0.1, 0.15) is 5.82 Å². The first-order valence-corrected chi connectivity index (χ1v) is 7.28. The Labute approximate surface area is 115 Å². The lowest BCUT2D eigenvalue weighted by molar-refractivity contribution is -0.355. The van der Waals surface area contributed by atoms with Gasteiger partial charge in [0.05, 0.1) is 5.75 Å². The number of fused-ring (bicyclic) bond motifs is 1. The van der Waals surface area contributed by atoms with Crippen molar-refractivity contribution in [1.82, 2.24) is 4.98 Å². The third-order valence-corrected chi connectivity index (χ3v) is 3.97. The van der Waals surface area contributed by atoms with Gasteiger partial charge >= 0.3 is 0 Å². The fraction of sp³-hybridized carbons (Fsp3) is 0.133. The highest BCUT2D eigenvalue weighted by Crippen LogP contribution is 2.18. The van der Waals surface area contributed by atoms with Crippen LogP contribution in [0, 0.1) is 5.82 Å². The molecule has 1 heterocycles. The van der Waals surface area contributed by atoms with E-state index < -0.39 is 0 Å². The van der Waals surface area contributed by atoms with Crippen LogP contribution in [0.25, 0.3) is 11.0 Å². The van der Waals surface area contributed by atoms with Gasteiger partial charge in [0.2, 0.25) is 0 Å². The molecule has 0 fully saturated rings. The van der Waals surface area contributed by atoms with Crippen LogP contribution >= 0.6 is 11.8 Å². The van der Waals surface area contributed by atoms with Gasteiger partial charge < -0.3 is 0 Å². The van der Waals surface area contributed by atoms with Crippen LogP contribution in [0.5, 0.6) is 0 Å². The molecular weight excluding hydrogens is 259 g/mol. The van der Waals surface area contributed by atoms with E-state index in [2.05, 4.69) is 9.97 Å². The van der Waals surface area contributed by atoms with Crippen molar-refractivity contribution in [3.63, 3.8) is 0 Å². The second kappa shape index (κ2) is 5.45. The Morgan fingerprint density at radius 3 is 2.63 bits per heavy atom. The molecule has 0 amide bonds. The number of halogens is 1. The van der Waals surface area contributed by atoms with Crippen LogP contribution in [0.3, 0.4) is 0 Å². The van der Waals surface area contributed by atoms with Crippen molar-refractivity contribution in [2.24, 2.45) is 0 Å². The number of aromatic amines is 2. The van der Waals surface area contributed by atoms with E-state index in [1.54, 1.807) is 17.8 Å². The monoisotopic (exact) mass is 273 g/mol. The van der Waals surface area contributed by atoms with Crippen LogP contribution < -0.4 is 4.98 Å². The van der Waals surface area contributed by atoms with E-state index in [0.717, 1.165) is 28.2 Å². The lowest BCUT2D eigenvalue weighted by Gasteiger charge is -2.00. The Bertz CT molecular complexity index is 660. The predicted molar refractivity (Wildman–Crippen MR) is 76.3 cm³/mol. The quantitative estimate of drug-likeness (QED) is 0.774. The summed E-state index contributed by atoms with van der Waals surface area (Å²) in [7, 11) is 0. The number of nitrogens with one attached hydrogen (secondary N) is 2. The minimum Gasteiger partial charge on any atom is -0.240 e. The highest BCUT2D eigenvalue weighted by Gasteiger charge is 2.09. The van der Waals surface area contributed by atoms with Crippen molar-refractivity contribution in [3.05, 3.63) is 65.7 Å². The normalized spacial score (nSPS) is 11.0.